The first-order valence-electron chi connectivity index (χ1n) is 5.36. The van der Waals surface area contributed by atoms with Crippen LogP contribution >= 0.6 is 0 Å². The number of ether oxygens (including phenoxy) is 1. The summed E-state index contributed by atoms with van der Waals surface area (Å²) in [6.07, 6.45) is 0. The molecule has 1 aliphatic heterocycles. The molecular formula is C12H14N2O3. The fraction of sp³-hybridized carbons (Fsp3) is 0.333. The second-order valence-corrected chi connectivity index (χ2v) is 3.92. The summed E-state index contributed by atoms with van der Waals surface area (Å²) in [5.41, 5.74) is 0.806. The Morgan fingerprint density at radius 2 is 2.18 bits per heavy atom. The quantitative estimate of drug-likeness (QED) is 0.759. The first-order valence-corrected chi connectivity index (χ1v) is 5.36. The number of carbonyl (C=O) groups excluding carboxylic acids is 2. The molecule has 90 valence electrons. The Morgan fingerprint density at radius 3 is 2.88 bits per heavy atom. The van der Waals surface area contributed by atoms with Crippen LogP contribution in [0.3, 0.4) is 0 Å². The maximum absolute atomic E-state index is 11.5. The third-order valence-electron chi connectivity index (χ3n) is 2.81. The normalized spacial score (nSPS) is 20.1. The standard InChI is InChI=1S/C12H14N2O3/c1-8-12(16)13-11(15)7-14(8)9-4-3-5-10(6-9)17-2/h3-6,8H,7H2,1-2H3,(H,13,15,16). The number of benzene rings is 1. The van der Waals surface area contributed by atoms with Crippen molar-refractivity contribution >= 4 is 17.5 Å². The molecular weight excluding hydrogens is 220 g/mol. The smallest absolute Gasteiger partial charge is 0.249 e. The number of hydrogen-bond donors (Lipinski definition) is 1. The van der Waals surface area contributed by atoms with Crippen LogP contribution < -0.4 is 15.0 Å². The van der Waals surface area contributed by atoms with E-state index in [9.17, 15) is 9.59 Å². The number of imide groups is 1. The van der Waals surface area contributed by atoms with Gasteiger partial charge in [-0.1, -0.05) is 6.07 Å². The van der Waals surface area contributed by atoms with Crippen LogP contribution in [0.15, 0.2) is 24.3 Å². The summed E-state index contributed by atoms with van der Waals surface area (Å²) in [7, 11) is 1.58. The number of rotatable bonds is 2. The van der Waals surface area contributed by atoms with Gasteiger partial charge < -0.3 is 9.64 Å². The van der Waals surface area contributed by atoms with E-state index in [-0.39, 0.29) is 24.4 Å². The van der Waals surface area contributed by atoms with Gasteiger partial charge in [-0.2, -0.15) is 0 Å². The van der Waals surface area contributed by atoms with Crippen molar-refractivity contribution in [3.63, 3.8) is 0 Å². The Labute approximate surface area is 99.4 Å². The van der Waals surface area contributed by atoms with E-state index in [0.29, 0.717) is 5.75 Å². The topological polar surface area (TPSA) is 58.6 Å². The van der Waals surface area contributed by atoms with Gasteiger partial charge in [0.05, 0.1) is 13.7 Å². The summed E-state index contributed by atoms with van der Waals surface area (Å²) >= 11 is 0. The van der Waals surface area contributed by atoms with E-state index in [1.165, 1.54) is 0 Å². The van der Waals surface area contributed by atoms with Crippen LogP contribution in [0.4, 0.5) is 5.69 Å². The predicted molar refractivity (Wildman–Crippen MR) is 63.0 cm³/mol. The summed E-state index contributed by atoms with van der Waals surface area (Å²) in [5, 5.41) is 2.31. The molecule has 1 N–H and O–H groups in total. The highest BCUT2D eigenvalue weighted by molar-refractivity contribution is 6.04. The maximum Gasteiger partial charge on any atom is 0.249 e. The van der Waals surface area contributed by atoms with Crippen molar-refractivity contribution in [2.75, 3.05) is 18.6 Å². The zero-order valence-electron chi connectivity index (χ0n) is 9.77. The number of anilines is 1. The first-order chi connectivity index (χ1) is 8.11. The average molecular weight is 234 g/mol. The van der Waals surface area contributed by atoms with Crippen molar-refractivity contribution in [1.82, 2.24) is 5.32 Å². The molecule has 1 heterocycles. The van der Waals surface area contributed by atoms with Gasteiger partial charge in [0.25, 0.3) is 0 Å². The lowest BCUT2D eigenvalue weighted by Crippen LogP contribution is -2.57. The number of nitrogens with one attached hydrogen (secondary N) is 1. The zero-order chi connectivity index (χ0) is 12.4. The van der Waals surface area contributed by atoms with Gasteiger partial charge in [-0.05, 0) is 19.1 Å². The Morgan fingerprint density at radius 1 is 1.41 bits per heavy atom. The molecule has 1 unspecified atom stereocenters. The molecule has 0 aliphatic carbocycles. The Bertz CT molecular complexity index is 459. The summed E-state index contributed by atoms with van der Waals surface area (Å²) in [4.78, 5) is 24.6. The molecule has 1 atom stereocenters. The molecule has 1 saturated heterocycles. The highest BCUT2D eigenvalue weighted by atomic mass is 16.5. The summed E-state index contributed by atoms with van der Waals surface area (Å²) in [6.45, 7) is 1.95. The van der Waals surface area contributed by atoms with Crippen molar-refractivity contribution in [2.45, 2.75) is 13.0 Å². The van der Waals surface area contributed by atoms with E-state index in [1.54, 1.807) is 18.9 Å². The highest BCUT2D eigenvalue weighted by Crippen LogP contribution is 2.23. The van der Waals surface area contributed by atoms with E-state index in [1.807, 2.05) is 24.3 Å². The number of methoxy groups -OCH3 is 1. The van der Waals surface area contributed by atoms with Crippen LogP contribution in [0.5, 0.6) is 5.75 Å². The van der Waals surface area contributed by atoms with Gasteiger partial charge in [0.15, 0.2) is 0 Å². The molecule has 1 aromatic rings. The lowest BCUT2D eigenvalue weighted by atomic mass is 10.1. The molecule has 0 aromatic heterocycles. The number of carbonyl (C=O) groups is 2. The van der Waals surface area contributed by atoms with Crippen molar-refractivity contribution in [3.05, 3.63) is 24.3 Å². The van der Waals surface area contributed by atoms with Gasteiger partial charge in [0.2, 0.25) is 11.8 Å². The van der Waals surface area contributed by atoms with Gasteiger partial charge >= 0.3 is 0 Å². The van der Waals surface area contributed by atoms with Crippen LogP contribution in [0.2, 0.25) is 0 Å². The Hall–Kier alpha value is -2.04. The second kappa shape index (κ2) is 4.45. The minimum absolute atomic E-state index is 0.181. The molecule has 1 aromatic carbocycles. The third kappa shape index (κ3) is 2.22. The van der Waals surface area contributed by atoms with E-state index in [0.717, 1.165) is 5.69 Å². The van der Waals surface area contributed by atoms with Crippen molar-refractivity contribution < 1.29 is 14.3 Å². The molecule has 0 bridgehead atoms. The number of amides is 2. The largest absolute Gasteiger partial charge is 0.497 e. The first kappa shape index (κ1) is 11.4. The minimum atomic E-state index is -0.361. The predicted octanol–water partition coefficient (Wildman–Crippen LogP) is 0.546. The highest BCUT2D eigenvalue weighted by Gasteiger charge is 2.30. The molecule has 2 amide bonds. The molecule has 5 heteroatoms. The van der Waals surface area contributed by atoms with Gasteiger partial charge in [-0.15, -0.1) is 0 Å². The molecule has 2 rings (SSSR count). The van der Waals surface area contributed by atoms with Crippen LogP contribution in [0, 0.1) is 0 Å². The molecule has 1 fully saturated rings. The summed E-state index contributed by atoms with van der Waals surface area (Å²) < 4.78 is 5.12. The summed E-state index contributed by atoms with van der Waals surface area (Å²) in [5.74, 6) is 0.146. The molecule has 0 radical (unpaired) electrons. The van der Waals surface area contributed by atoms with E-state index >= 15 is 0 Å². The Kier molecular flexibility index (Phi) is 2.99. The molecule has 17 heavy (non-hydrogen) atoms. The van der Waals surface area contributed by atoms with E-state index in [2.05, 4.69) is 5.32 Å². The van der Waals surface area contributed by atoms with Gasteiger partial charge in [-0.3, -0.25) is 14.9 Å². The van der Waals surface area contributed by atoms with Crippen molar-refractivity contribution in [2.24, 2.45) is 0 Å². The van der Waals surface area contributed by atoms with Crippen LogP contribution in [0.25, 0.3) is 0 Å². The molecule has 0 saturated carbocycles. The van der Waals surface area contributed by atoms with Crippen LogP contribution in [0.1, 0.15) is 6.92 Å². The van der Waals surface area contributed by atoms with Gasteiger partial charge in [0, 0.05) is 11.8 Å². The zero-order valence-corrected chi connectivity index (χ0v) is 9.77. The maximum atomic E-state index is 11.5. The van der Waals surface area contributed by atoms with Crippen LogP contribution in [-0.4, -0.2) is 31.5 Å². The number of hydrogen-bond acceptors (Lipinski definition) is 4. The van der Waals surface area contributed by atoms with Crippen molar-refractivity contribution in [1.29, 1.82) is 0 Å². The van der Waals surface area contributed by atoms with Gasteiger partial charge in [-0.25, -0.2) is 0 Å². The number of nitrogens with zero attached hydrogens (tertiary/aromatic N) is 1. The lowest BCUT2D eigenvalue weighted by Gasteiger charge is -2.33. The summed E-state index contributed by atoms with van der Waals surface area (Å²) in [6, 6.07) is 6.95. The second-order valence-electron chi connectivity index (χ2n) is 3.92. The average Bonchev–Trinajstić information content (AvgIpc) is 2.34. The fourth-order valence-electron chi connectivity index (χ4n) is 1.82. The SMILES string of the molecule is COc1cccc(N2CC(=O)NC(=O)C2C)c1. The third-order valence-corrected chi connectivity index (χ3v) is 2.81. The molecule has 0 spiro atoms. The van der Waals surface area contributed by atoms with Crippen LogP contribution in [-0.2, 0) is 9.59 Å². The van der Waals surface area contributed by atoms with E-state index in [4.69, 9.17) is 4.74 Å². The minimum Gasteiger partial charge on any atom is -0.497 e. The van der Waals surface area contributed by atoms with Crippen molar-refractivity contribution in [3.8, 4) is 5.75 Å². The fourth-order valence-corrected chi connectivity index (χ4v) is 1.82. The van der Waals surface area contributed by atoms with Gasteiger partial charge in [0.1, 0.15) is 11.8 Å². The molecule has 1 aliphatic rings. The molecule has 5 nitrogen and oxygen atoms in total. The number of piperazine rings is 1. The Balaban J connectivity index is 2.30. The monoisotopic (exact) mass is 234 g/mol. The van der Waals surface area contributed by atoms with E-state index < -0.39 is 0 Å². The lowest BCUT2D eigenvalue weighted by molar-refractivity contribution is -0.132.